The molecule has 5 rings (SSSR count). The normalized spacial score (nSPS) is 22.0. The predicted molar refractivity (Wildman–Crippen MR) is 156 cm³/mol. The molecular weight excluding hydrogens is 569 g/mol. The van der Waals surface area contributed by atoms with Crippen LogP contribution in [0.2, 0.25) is 0 Å². The molecule has 2 fully saturated rings. The van der Waals surface area contributed by atoms with Gasteiger partial charge < -0.3 is 15.0 Å². The van der Waals surface area contributed by atoms with Gasteiger partial charge in [0.05, 0.1) is 30.6 Å². The molecular formula is C28H37BrFN5O2S. The topological polar surface area (TPSA) is 62.6 Å². The minimum absolute atomic E-state index is 0.0436. The average Bonchev–Trinajstić information content (AvgIpc) is 3.62. The van der Waals surface area contributed by atoms with Gasteiger partial charge in [0.1, 0.15) is 5.69 Å². The van der Waals surface area contributed by atoms with Crippen LogP contribution in [0.3, 0.4) is 0 Å². The van der Waals surface area contributed by atoms with Crippen LogP contribution in [0.5, 0.6) is 0 Å². The molecule has 2 aliphatic carbocycles. The Morgan fingerprint density at radius 1 is 1.34 bits per heavy atom. The van der Waals surface area contributed by atoms with Crippen molar-refractivity contribution in [2.45, 2.75) is 58.9 Å². The zero-order chi connectivity index (χ0) is 27.0. The van der Waals surface area contributed by atoms with E-state index in [1.807, 2.05) is 33.0 Å². The summed E-state index contributed by atoms with van der Waals surface area (Å²) in [6, 6.07) is 3.78. The summed E-state index contributed by atoms with van der Waals surface area (Å²) in [6.45, 7) is 8.98. The lowest BCUT2D eigenvalue weighted by molar-refractivity contribution is -0.124. The van der Waals surface area contributed by atoms with Crippen LogP contribution in [0.25, 0.3) is 5.70 Å². The lowest BCUT2D eigenvalue weighted by Gasteiger charge is -2.33. The maximum absolute atomic E-state index is 13.9. The molecule has 206 valence electrons. The number of nitrogens with one attached hydrogen (secondary N) is 1. The van der Waals surface area contributed by atoms with E-state index in [4.69, 9.17) is 9.84 Å². The third kappa shape index (κ3) is 5.55. The Kier molecular flexibility index (Phi) is 8.52. The molecule has 0 spiro atoms. The Bertz CT molecular complexity index is 1230. The van der Waals surface area contributed by atoms with Crippen LogP contribution >= 0.6 is 28.3 Å². The smallest absolute Gasteiger partial charge is 0.243 e. The lowest BCUT2D eigenvalue weighted by Crippen LogP contribution is -2.50. The first-order valence-corrected chi connectivity index (χ1v) is 15.1. The van der Waals surface area contributed by atoms with E-state index < -0.39 is 0 Å². The van der Waals surface area contributed by atoms with Crippen molar-refractivity contribution < 1.29 is 13.4 Å². The number of amides is 1. The number of benzene rings is 1. The van der Waals surface area contributed by atoms with Crippen molar-refractivity contribution in [3.8, 4) is 0 Å². The van der Waals surface area contributed by atoms with Crippen molar-refractivity contribution in [2.75, 3.05) is 43.6 Å². The predicted octanol–water partition coefficient (Wildman–Crippen LogP) is 6.01. The third-order valence-electron chi connectivity index (χ3n) is 8.27. The van der Waals surface area contributed by atoms with Crippen LogP contribution in [0, 0.1) is 18.8 Å². The highest BCUT2D eigenvalue weighted by atomic mass is 79.9. The van der Waals surface area contributed by atoms with Crippen molar-refractivity contribution in [2.24, 2.45) is 11.8 Å². The molecule has 1 aliphatic heterocycles. The standard InChI is InChI=1S/C28H37BrFN5O2S/c1-5-6-7-24(27-22-13-19-12-20(19)14-26(22)35(32-27)38-30)31-25-16-21(15-23(29)17(25)2)33(4)28(36)18(3)34-8-10-37-11-9-34/h7,15-16,18-20,31H,5-6,8-14H2,1-4H3/b24-7+. The Balaban J connectivity index is 1.44. The Hall–Kier alpha value is -1.88. The molecule has 38 heavy (non-hydrogen) atoms. The van der Waals surface area contributed by atoms with Gasteiger partial charge in [-0.2, -0.15) is 9.19 Å². The number of carbonyl (C=O) groups is 1. The first-order valence-electron chi connectivity index (χ1n) is 13.6. The molecule has 2 heterocycles. The molecule has 0 radical (unpaired) electrons. The summed E-state index contributed by atoms with van der Waals surface area (Å²) in [5.74, 6) is 1.42. The summed E-state index contributed by atoms with van der Waals surface area (Å²) >= 11 is 3.91. The fourth-order valence-corrected chi connectivity index (χ4v) is 6.46. The van der Waals surface area contributed by atoms with E-state index in [1.54, 1.807) is 4.90 Å². The number of likely N-dealkylation sites (N-methyl/N-ethyl adjacent to an activating group) is 1. The SMILES string of the molecule is CCC/C=C(/Nc1cc(N(C)C(=O)C(C)N2CCOCC2)cc(Br)c1C)c1nn(SF)c2c1CC1CC1C2. The van der Waals surface area contributed by atoms with Gasteiger partial charge >= 0.3 is 0 Å². The molecule has 1 saturated carbocycles. The number of nitrogens with zero attached hydrogens (tertiary/aromatic N) is 4. The fourth-order valence-electron chi connectivity index (χ4n) is 5.63. The van der Waals surface area contributed by atoms with Crippen LogP contribution in [-0.2, 0) is 22.4 Å². The number of anilines is 2. The van der Waals surface area contributed by atoms with E-state index in [0.29, 0.717) is 25.0 Å². The van der Waals surface area contributed by atoms with E-state index in [0.717, 1.165) is 77.3 Å². The fraction of sp³-hybridized carbons (Fsp3) is 0.571. The number of carbonyl (C=O) groups excluding carboxylic acids is 1. The van der Waals surface area contributed by atoms with E-state index in [-0.39, 0.29) is 24.3 Å². The van der Waals surface area contributed by atoms with Crippen molar-refractivity contribution >= 4 is 51.2 Å². The highest BCUT2D eigenvalue weighted by Crippen LogP contribution is 2.50. The monoisotopic (exact) mass is 605 g/mol. The second-order valence-electron chi connectivity index (χ2n) is 10.7. The van der Waals surface area contributed by atoms with Gasteiger partial charge in [0.25, 0.3) is 0 Å². The molecule has 0 bridgehead atoms. The van der Waals surface area contributed by atoms with Crippen molar-refractivity contribution in [1.29, 1.82) is 0 Å². The number of aromatic nitrogens is 2. The Labute approximate surface area is 237 Å². The minimum Gasteiger partial charge on any atom is -0.379 e. The number of unbranched alkanes of at least 4 members (excludes halogenated alkanes) is 1. The summed E-state index contributed by atoms with van der Waals surface area (Å²) in [5, 5.41) is 8.35. The number of morpholine rings is 1. The number of hydrogen-bond acceptors (Lipinski definition) is 6. The maximum Gasteiger partial charge on any atom is 0.243 e. The van der Waals surface area contributed by atoms with Crippen LogP contribution < -0.4 is 10.2 Å². The molecule has 1 aromatic heterocycles. The van der Waals surface area contributed by atoms with Crippen LogP contribution in [-0.4, -0.2) is 59.4 Å². The number of hydrogen-bond donors (Lipinski definition) is 1. The van der Waals surface area contributed by atoms with Crippen molar-refractivity contribution in [1.82, 2.24) is 14.1 Å². The quantitative estimate of drug-likeness (QED) is 0.378. The van der Waals surface area contributed by atoms with Gasteiger partial charge in [-0.15, -0.1) is 3.89 Å². The highest BCUT2D eigenvalue weighted by molar-refractivity contribution is 9.10. The molecule has 1 aromatic carbocycles. The number of allylic oxidation sites excluding steroid dienone is 1. The highest BCUT2D eigenvalue weighted by Gasteiger charge is 2.44. The van der Waals surface area contributed by atoms with Crippen LogP contribution in [0.4, 0.5) is 15.3 Å². The first kappa shape index (κ1) is 27.7. The summed E-state index contributed by atoms with van der Waals surface area (Å²) in [4.78, 5) is 17.3. The van der Waals surface area contributed by atoms with Gasteiger partial charge in [-0.1, -0.05) is 35.4 Å². The Morgan fingerprint density at radius 2 is 2.08 bits per heavy atom. The summed E-state index contributed by atoms with van der Waals surface area (Å²) < 4.78 is 21.7. The minimum atomic E-state index is -0.236. The second-order valence-corrected chi connectivity index (χ2v) is 12.1. The molecule has 1 amide bonds. The molecule has 1 saturated heterocycles. The van der Waals surface area contributed by atoms with Crippen molar-refractivity contribution in [3.05, 3.63) is 45.2 Å². The lowest BCUT2D eigenvalue weighted by atomic mass is 9.94. The van der Waals surface area contributed by atoms with Gasteiger partial charge in [-0.05, 0) is 69.1 Å². The first-order chi connectivity index (χ1) is 18.3. The second kappa shape index (κ2) is 11.7. The molecule has 3 atom stereocenters. The summed E-state index contributed by atoms with van der Waals surface area (Å²) in [5.41, 5.74) is 6.67. The Morgan fingerprint density at radius 3 is 2.79 bits per heavy atom. The summed E-state index contributed by atoms with van der Waals surface area (Å²) in [7, 11) is 1.83. The van der Waals surface area contributed by atoms with E-state index >= 15 is 0 Å². The van der Waals surface area contributed by atoms with Gasteiger partial charge in [0, 0.05) is 41.5 Å². The molecule has 2 aromatic rings. The van der Waals surface area contributed by atoms with E-state index in [9.17, 15) is 8.68 Å². The van der Waals surface area contributed by atoms with Crippen LogP contribution in [0.1, 0.15) is 55.6 Å². The average molecular weight is 607 g/mol. The van der Waals surface area contributed by atoms with Gasteiger partial charge in [-0.25, -0.2) is 0 Å². The number of halogens is 2. The van der Waals surface area contributed by atoms with Crippen molar-refractivity contribution in [3.63, 3.8) is 0 Å². The molecule has 1 N–H and O–H groups in total. The van der Waals surface area contributed by atoms with Gasteiger partial charge in [0.15, 0.2) is 12.3 Å². The maximum atomic E-state index is 13.9. The van der Waals surface area contributed by atoms with E-state index in [2.05, 4.69) is 39.1 Å². The van der Waals surface area contributed by atoms with E-state index in [1.165, 1.54) is 16.1 Å². The zero-order valence-electron chi connectivity index (χ0n) is 22.6. The molecule has 3 aliphatic rings. The number of rotatable bonds is 9. The molecule has 7 nitrogen and oxygen atoms in total. The number of fused-ring (bicyclic) bond motifs is 2. The van der Waals surface area contributed by atoms with Gasteiger partial charge in [-0.3, -0.25) is 9.69 Å². The number of ether oxygens (including phenoxy) is 1. The largest absolute Gasteiger partial charge is 0.379 e. The molecule has 10 heteroatoms. The molecule has 3 unspecified atom stereocenters. The van der Waals surface area contributed by atoms with Gasteiger partial charge in [0.2, 0.25) is 5.91 Å². The van der Waals surface area contributed by atoms with Crippen LogP contribution in [0.15, 0.2) is 22.7 Å². The zero-order valence-corrected chi connectivity index (χ0v) is 25.0. The summed E-state index contributed by atoms with van der Waals surface area (Å²) in [6.07, 6.45) is 7.14. The third-order valence-corrected chi connectivity index (χ3v) is 9.53.